The maximum Gasteiger partial charge on any atom is 0.255 e. The van der Waals surface area contributed by atoms with Crippen LogP contribution in [0.4, 0.5) is 5.69 Å². The first-order valence-electron chi connectivity index (χ1n) is 6.23. The number of tetrazole rings is 1. The maximum absolute atomic E-state index is 12.3. The number of amides is 1. The van der Waals surface area contributed by atoms with Crippen molar-refractivity contribution >= 4 is 34.8 Å². The predicted octanol–water partition coefficient (Wildman–Crippen LogP) is 3.22. The van der Waals surface area contributed by atoms with Crippen molar-refractivity contribution in [1.82, 2.24) is 20.2 Å². The predicted molar refractivity (Wildman–Crippen MR) is 83.6 cm³/mol. The van der Waals surface area contributed by atoms with Gasteiger partial charge in [-0.25, -0.2) is 4.68 Å². The topological polar surface area (TPSA) is 72.7 Å². The quantitative estimate of drug-likeness (QED) is 0.798. The number of carbonyl (C=O) groups is 1. The number of rotatable bonds is 3. The fraction of sp³-hybridized carbons (Fsp3) is 0. The lowest BCUT2D eigenvalue weighted by Gasteiger charge is -2.08. The molecule has 110 valence electrons. The molecule has 3 rings (SSSR count). The molecule has 0 saturated carbocycles. The van der Waals surface area contributed by atoms with Gasteiger partial charge in [-0.05, 0) is 46.8 Å². The Bertz CT molecular complexity index is 820. The zero-order chi connectivity index (χ0) is 15.5. The molecular formula is C14H9Cl2N5O. The van der Waals surface area contributed by atoms with E-state index < -0.39 is 0 Å². The van der Waals surface area contributed by atoms with Crippen molar-refractivity contribution in [2.45, 2.75) is 0 Å². The third kappa shape index (κ3) is 3.08. The summed E-state index contributed by atoms with van der Waals surface area (Å²) in [5, 5.41) is 14.5. The van der Waals surface area contributed by atoms with E-state index in [4.69, 9.17) is 23.2 Å². The molecular weight excluding hydrogens is 325 g/mol. The number of nitrogens with zero attached hydrogens (tertiary/aromatic N) is 4. The molecule has 0 spiro atoms. The third-order valence-corrected chi connectivity index (χ3v) is 3.46. The van der Waals surface area contributed by atoms with Gasteiger partial charge in [0.2, 0.25) is 0 Å². The average molecular weight is 334 g/mol. The molecule has 8 heteroatoms. The number of hydrogen-bond donors (Lipinski definition) is 1. The van der Waals surface area contributed by atoms with Gasteiger partial charge in [-0.15, -0.1) is 5.10 Å². The molecule has 0 saturated heterocycles. The molecule has 0 aliphatic rings. The molecule has 0 radical (unpaired) electrons. The monoisotopic (exact) mass is 333 g/mol. The van der Waals surface area contributed by atoms with Gasteiger partial charge in [0.25, 0.3) is 5.91 Å². The summed E-state index contributed by atoms with van der Waals surface area (Å²) in [6.45, 7) is 0. The van der Waals surface area contributed by atoms with Crippen molar-refractivity contribution in [3.8, 4) is 5.69 Å². The molecule has 0 aliphatic heterocycles. The zero-order valence-corrected chi connectivity index (χ0v) is 12.6. The number of benzene rings is 2. The minimum absolute atomic E-state index is 0.306. The van der Waals surface area contributed by atoms with E-state index >= 15 is 0 Å². The second kappa shape index (κ2) is 6.13. The van der Waals surface area contributed by atoms with Gasteiger partial charge in [-0.3, -0.25) is 4.79 Å². The lowest BCUT2D eigenvalue weighted by Crippen LogP contribution is -2.12. The Labute approximate surface area is 135 Å². The molecule has 1 aromatic heterocycles. The van der Waals surface area contributed by atoms with Crippen LogP contribution in [0.25, 0.3) is 5.69 Å². The Kier molecular flexibility index (Phi) is 4.04. The average Bonchev–Trinajstić information content (AvgIpc) is 3.05. The SMILES string of the molecule is O=C(Nc1cc(Cl)ccc1Cl)c1cccc(-n2cnnn2)c1. The van der Waals surface area contributed by atoms with Crippen molar-refractivity contribution in [2.24, 2.45) is 0 Å². The minimum Gasteiger partial charge on any atom is -0.321 e. The molecule has 3 aromatic rings. The van der Waals surface area contributed by atoms with Crippen LogP contribution in [0.15, 0.2) is 48.8 Å². The summed E-state index contributed by atoms with van der Waals surface area (Å²) in [5.74, 6) is -0.306. The van der Waals surface area contributed by atoms with Crippen LogP contribution in [0, 0.1) is 0 Å². The standard InChI is InChI=1S/C14H9Cl2N5O/c15-10-4-5-12(16)13(7-10)18-14(22)9-2-1-3-11(6-9)21-8-17-19-20-21/h1-8H,(H,18,22). The smallest absolute Gasteiger partial charge is 0.255 e. The van der Waals surface area contributed by atoms with Crippen molar-refractivity contribution in [3.63, 3.8) is 0 Å². The summed E-state index contributed by atoms with van der Waals surface area (Å²) in [4.78, 5) is 12.3. The molecule has 0 atom stereocenters. The van der Waals surface area contributed by atoms with Crippen LogP contribution >= 0.6 is 23.2 Å². The second-order valence-corrected chi connectivity index (χ2v) is 5.23. The fourth-order valence-electron chi connectivity index (χ4n) is 1.86. The van der Waals surface area contributed by atoms with Crippen molar-refractivity contribution < 1.29 is 4.79 Å². The molecule has 0 unspecified atom stereocenters. The normalized spacial score (nSPS) is 10.5. The highest BCUT2D eigenvalue weighted by Crippen LogP contribution is 2.26. The van der Waals surface area contributed by atoms with Crippen LogP contribution in [0.3, 0.4) is 0 Å². The number of halogens is 2. The second-order valence-electron chi connectivity index (χ2n) is 4.38. The van der Waals surface area contributed by atoms with Gasteiger partial charge in [0, 0.05) is 10.6 Å². The maximum atomic E-state index is 12.3. The van der Waals surface area contributed by atoms with Crippen molar-refractivity contribution in [3.05, 3.63) is 64.4 Å². The van der Waals surface area contributed by atoms with Crippen LogP contribution in [0.2, 0.25) is 10.0 Å². The number of anilines is 1. The van der Waals surface area contributed by atoms with E-state index in [1.165, 1.54) is 11.0 Å². The van der Waals surface area contributed by atoms with E-state index in [0.717, 1.165) is 0 Å². The van der Waals surface area contributed by atoms with Crippen molar-refractivity contribution in [2.75, 3.05) is 5.32 Å². The van der Waals surface area contributed by atoms with Gasteiger partial charge < -0.3 is 5.32 Å². The Balaban J connectivity index is 1.86. The first-order chi connectivity index (χ1) is 10.6. The Morgan fingerprint density at radius 3 is 2.77 bits per heavy atom. The van der Waals surface area contributed by atoms with Crippen LogP contribution in [-0.2, 0) is 0 Å². The number of nitrogens with one attached hydrogen (secondary N) is 1. The molecule has 0 bridgehead atoms. The van der Waals surface area contributed by atoms with Crippen LogP contribution in [0.5, 0.6) is 0 Å². The number of aromatic nitrogens is 4. The van der Waals surface area contributed by atoms with Gasteiger partial charge >= 0.3 is 0 Å². The Morgan fingerprint density at radius 1 is 1.14 bits per heavy atom. The zero-order valence-electron chi connectivity index (χ0n) is 11.1. The Morgan fingerprint density at radius 2 is 2.00 bits per heavy atom. The van der Waals surface area contributed by atoms with Crippen LogP contribution < -0.4 is 5.32 Å². The highest BCUT2D eigenvalue weighted by Gasteiger charge is 2.10. The van der Waals surface area contributed by atoms with Crippen LogP contribution in [0.1, 0.15) is 10.4 Å². The molecule has 22 heavy (non-hydrogen) atoms. The van der Waals surface area contributed by atoms with Crippen LogP contribution in [-0.4, -0.2) is 26.1 Å². The molecule has 0 fully saturated rings. The molecule has 1 heterocycles. The Hall–Kier alpha value is -2.44. The summed E-state index contributed by atoms with van der Waals surface area (Å²) < 4.78 is 1.46. The summed E-state index contributed by atoms with van der Waals surface area (Å²) in [5.41, 5.74) is 1.57. The van der Waals surface area contributed by atoms with Gasteiger partial charge in [0.05, 0.1) is 16.4 Å². The van der Waals surface area contributed by atoms with E-state index in [-0.39, 0.29) is 5.91 Å². The summed E-state index contributed by atoms with van der Waals surface area (Å²) in [7, 11) is 0. The number of carbonyl (C=O) groups excluding carboxylic acids is 1. The molecule has 6 nitrogen and oxygen atoms in total. The van der Waals surface area contributed by atoms with Gasteiger partial charge in [0.15, 0.2) is 0 Å². The third-order valence-electron chi connectivity index (χ3n) is 2.90. The minimum atomic E-state index is -0.306. The largest absolute Gasteiger partial charge is 0.321 e. The van der Waals surface area contributed by atoms with Gasteiger partial charge in [-0.1, -0.05) is 29.3 Å². The summed E-state index contributed by atoms with van der Waals surface area (Å²) >= 11 is 11.9. The molecule has 2 aromatic carbocycles. The van der Waals surface area contributed by atoms with Gasteiger partial charge in [-0.2, -0.15) is 0 Å². The fourth-order valence-corrected chi connectivity index (χ4v) is 2.19. The number of hydrogen-bond acceptors (Lipinski definition) is 4. The lowest BCUT2D eigenvalue weighted by atomic mass is 10.2. The first kappa shape index (κ1) is 14.5. The molecule has 1 amide bonds. The lowest BCUT2D eigenvalue weighted by molar-refractivity contribution is 0.102. The van der Waals surface area contributed by atoms with Crippen molar-refractivity contribution in [1.29, 1.82) is 0 Å². The van der Waals surface area contributed by atoms with E-state index in [2.05, 4.69) is 20.8 Å². The molecule has 1 N–H and O–H groups in total. The van der Waals surface area contributed by atoms with E-state index in [1.807, 2.05) is 0 Å². The van der Waals surface area contributed by atoms with E-state index in [9.17, 15) is 4.79 Å². The van der Waals surface area contributed by atoms with E-state index in [1.54, 1.807) is 42.5 Å². The molecule has 0 aliphatic carbocycles. The highest BCUT2D eigenvalue weighted by atomic mass is 35.5. The summed E-state index contributed by atoms with van der Waals surface area (Å²) in [6, 6.07) is 11.7. The first-order valence-corrected chi connectivity index (χ1v) is 6.99. The highest BCUT2D eigenvalue weighted by molar-refractivity contribution is 6.35. The van der Waals surface area contributed by atoms with Gasteiger partial charge in [0.1, 0.15) is 6.33 Å². The van der Waals surface area contributed by atoms with E-state index in [0.29, 0.717) is 27.0 Å². The summed E-state index contributed by atoms with van der Waals surface area (Å²) in [6.07, 6.45) is 1.45.